The van der Waals surface area contributed by atoms with E-state index in [1.807, 2.05) is 17.5 Å². The molecule has 1 fully saturated rings. The molecule has 8 heteroatoms. The third-order valence-corrected chi connectivity index (χ3v) is 4.93. The molecular formula is C17H17N5O2S. The normalized spacial score (nSPS) is 17.4. The van der Waals surface area contributed by atoms with Gasteiger partial charge in [-0.2, -0.15) is 0 Å². The molecule has 1 saturated heterocycles. The molecule has 1 atom stereocenters. The van der Waals surface area contributed by atoms with Crippen LogP contribution in [-0.4, -0.2) is 33.9 Å². The summed E-state index contributed by atoms with van der Waals surface area (Å²) >= 11 is 1.40. The Balaban J connectivity index is 1.41. The summed E-state index contributed by atoms with van der Waals surface area (Å²) in [7, 11) is 0. The van der Waals surface area contributed by atoms with Crippen molar-refractivity contribution in [2.75, 3.05) is 23.3 Å². The molecule has 1 aliphatic rings. The second-order valence-electron chi connectivity index (χ2n) is 5.85. The van der Waals surface area contributed by atoms with Gasteiger partial charge in [0.15, 0.2) is 10.9 Å². The topological polar surface area (TPSA) is 84.2 Å². The Labute approximate surface area is 148 Å². The first-order valence-electron chi connectivity index (χ1n) is 8.11. The third kappa shape index (κ3) is 3.53. The van der Waals surface area contributed by atoms with E-state index in [9.17, 15) is 4.79 Å². The second-order valence-corrected chi connectivity index (χ2v) is 6.71. The van der Waals surface area contributed by atoms with Crippen molar-refractivity contribution >= 4 is 28.2 Å². The number of carbonyl (C=O) groups is 1. The minimum atomic E-state index is -0.0910. The summed E-state index contributed by atoms with van der Waals surface area (Å²) in [4.78, 5) is 27.6. The van der Waals surface area contributed by atoms with Gasteiger partial charge in [0.25, 0.3) is 0 Å². The molecule has 0 unspecified atom stereocenters. The monoisotopic (exact) mass is 355 g/mol. The van der Waals surface area contributed by atoms with Gasteiger partial charge in [-0.25, -0.2) is 9.97 Å². The molecule has 1 N–H and O–H groups in total. The first kappa shape index (κ1) is 15.8. The Morgan fingerprint density at radius 3 is 3.16 bits per heavy atom. The maximum absolute atomic E-state index is 12.6. The fourth-order valence-corrected chi connectivity index (χ4v) is 3.63. The van der Waals surface area contributed by atoms with Crippen LogP contribution < -0.4 is 10.2 Å². The van der Waals surface area contributed by atoms with Crippen LogP contribution in [0.25, 0.3) is 11.5 Å². The van der Waals surface area contributed by atoms with Gasteiger partial charge in [-0.1, -0.05) is 0 Å². The Hall–Kier alpha value is -2.74. The van der Waals surface area contributed by atoms with E-state index in [0.29, 0.717) is 17.4 Å². The number of anilines is 2. The van der Waals surface area contributed by atoms with E-state index in [-0.39, 0.29) is 11.8 Å². The van der Waals surface area contributed by atoms with E-state index in [0.717, 1.165) is 30.9 Å². The highest BCUT2D eigenvalue weighted by atomic mass is 32.1. The largest absolute Gasteiger partial charge is 0.463 e. The van der Waals surface area contributed by atoms with Gasteiger partial charge in [0.05, 0.1) is 18.4 Å². The maximum Gasteiger partial charge on any atom is 0.231 e. The van der Waals surface area contributed by atoms with Crippen LogP contribution in [0.2, 0.25) is 0 Å². The summed E-state index contributed by atoms with van der Waals surface area (Å²) in [5.41, 5.74) is 0.732. The predicted molar refractivity (Wildman–Crippen MR) is 95.4 cm³/mol. The average Bonchev–Trinajstić information content (AvgIpc) is 3.34. The fraction of sp³-hybridized carbons (Fsp3) is 0.294. The minimum absolute atomic E-state index is 0.00562. The number of piperidine rings is 1. The zero-order chi connectivity index (χ0) is 17.1. The number of thiazole rings is 1. The predicted octanol–water partition coefficient (Wildman–Crippen LogP) is 3.05. The second kappa shape index (κ2) is 7.02. The number of hydrogen-bond acceptors (Lipinski definition) is 7. The first-order chi connectivity index (χ1) is 12.3. The van der Waals surface area contributed by atoms with Gasteiger partial charge < -0.3 is 14.6 Å². The molecule has 0 aliphatic carbocycles. The van der Waals surface area contributed by atoms with Crippen molar-refractivity contribution in [1.29, 1.82) is 0 Å². The van der Waals surface area contributed by atoms with Crippen molar-refractivity contribution in [2.24, 2.45) is 5.92 Å². The van der Waals surface area contributed by atoms with Crippen molar-refractivity contribution in [3.63, 3.8) is 0 Å². The van der Waals surface area contributed by atoms with E-state index >= 15 is 0 Å². The molecule has 3 aromatic rings. The Morgan fingerprint density at radius 1 is 1.40 bits per heavy atom. The maximum atomic E-state index is 12.6. The van der Waals surface area contributed by atoms with E-state index in [1.54, 1.807) is 24.9 Å². The summed E-state index contributed by atoms with van der Waals surface area (Å²) in [6.07, 6.45) is 8.47. The van der Waals surface area contributed by atoms with Gasteiger partial charge in [-0.3, -0.25) is 9.78 Å². The minimum Gasteiger partial charge on any atom is -0.463 e. The van der Waals surface area contributed by atoms with Gasteiger partial charge in [0.2, 0.25) is 5.91 Å². The van der Waals surface area contributed by atoms with Crippen LogP contribution in [0.1, 0.15) is 12.8 Å². The van der Waals surface area contributed by atoms with Crippen molar-refractivity contribution in [3.8, 4) is 11.5 Å². The molecular weight excluding hydrogens is 338 g/mol. The van der Waals surface area contributed by atoms with Crippen molar-refractivity contribution < 1.29 is 9.21 Å². The van der Waals surface area contributed by atoms with Crippen LogP contribution in [0.15, 0.2) is 46.8 Å². The van der Waals surface area contributed by atoms with Crippen molar-refractivity contribution in [1.82, 2.24) is 15.0 Å². The lowest BCUT2D eigenvalue weighted by Crippen LogP contribution is -2.41. The molecule has 1 aliphatic heterocycles. The number of nitrogens with one attached hydrogen (secondary N) is 1. The van der Waals surface area contributed by atoms with Crippen molar-refractivity contribution in [2.45, 2.75) is 12.8 Å². The molecule has 0 radical (unpaired) electrons. The zero-order valence-electron chi connectivity index (χ0n) is 13.5. The van der Waals surface area contributed by atoms with Crippen LogP contribution >= 0.6 is 11.3 Å². The summed E-state index contributed by atoms with van der Waals surface area (Å²) in [6, 6.07) is 3.66. The zero-order valence-corrected chi connectivity index (χ0v) is 14.3. The SMILES string of the molecule is O=C(Nc1nc(-c2ccco2)cs1)[C@@H]1CCCN(c2cnccn2)C1. The van der Waals surface area contributed by atoms with Gasteiger partial charge in [-0.15, -0.1) is 11.3 Å². The summed E-state index contributed by atoms with van der Waals surface area (Å²) in [6.45, 7) is 1.53. The lowest BCUT2D eigenvalue weighted by molar-refractivity contribution is -0.120. The van der Waals surface area contributed by atoms with Gasteiger partial charge >= 0.3 is 0 Å². The molecule has 3 aromatic heterocycles. The molecule has 4 heterocycles. The van der Waals surface area contributed by atoms with Crippen LogP contribution in [0.3, 0.4) is 0 Å². The van der Waals surface area contributed by atoms with Gasteiger partial charge in [-0.05, 0) is 25.0 Å². The van der Waals surface area contributed by atoms with E-state index in [2.05, 4.69) is 25.2 Å². The Kier molecular flexibility index (Phi) is 4.43. The Morgan fingerprint density at radius 2 is 2.36 bits per heavy atom. The highest BCUT2D eigenvalue weighted by Crippen LogP contribution is 2.27. The quantitative estimate of drug-likeness (QED) is 0.774. The first-order valence-corrected chi connectivity index (χ1v) is 8.99. The lowest BCUT2D eigenvalue weighted by Gasteiger charge is -2.32. The van der Waals surface area contributed by atoms with Gasteiger partial charge in [0, 0.05) is 30.9 Å². The number of hydrogen-bond donors (Lipinski definition) is 1. The smallest absolute Gasteiger partial charge is 0.231 e. The van der Waals surface area contributed by atoms with Crippen LogP contribution in [0.4, 0.5) is 10.9 Å². The van der Waals surface area contributed by atoms with Crippen molar-refractivity contribution in [3.05, 3.63) is 42.4 Å². The molecule has 7 nitrogen and oxygen atoms in total. The highest BCUT2D eigenvalue weighted by molar-refractivity contribution is 7.14. The Bertz CT molecular complexity index is 834. The molecule has 0 saturated carbocycles. The van der Waals surface area contributed by atoms with Gasteiger partial charge in [0.1, 0.15) is 11.5 Å². The average molecular weight is 355 g/mol. The van der Waals surface area contributed by atoms with Crippen LogP contribution in [-0.2, 0) is 4.79 Å². The third-order valence-electron chi connectivity index (χ3n) is 4.17. The van der Waals surface area contributed by atoms with Crippen LogP contribution in [0, 0.1) is 5.92 Å². The fourth-order valence-electron chi connectivity index (χ4n) is 2.93. The summed E-state index contributed by atoms with van der Waals surface area (Å²) in [5, 5.41) is 5.40. The number of furan rings is 1. The number of amides is 1. The number of carbonyl (C=O) groups excluding carboxylic acids is 1. The molecule has 0 spiro atoms. The number of aromatic nitrogens is 3. The number of nitrogens with zero attached hydrogens (tertiary/aromatic N) is 4. The van der Waals surface area contributed by atoms with E-state index < -0.39 is 0 Å². The lowest BCUT2D eigenvalue weighted by atomic mass is 9.97. The van der Waals surface area contributed by atoms with E-state index in [1.165, 1.54) is 11.3 Å². The number of rotatable bonds is 4. The highest BCUT2D eigenvalue weighted by Gasteiger charge is 2.27. The molecule has 1 amide bonds. The molecule has 128 valence electrons. The molecule has 4 rings (SSSR count). The standard InChI is InChI=1S/C17H17N5O2S/c23-16(21-17-20-13(11-25-17)14-4-2-8-24-14)12-3-1-7-22(10-12)15-9-18-5-6-19-15/h2,4-6,8-9,11-12H,1,3,7,10H2,(H,20,21,23)/t12-/m1/s1. The summed E-state index contributed by atoms with van der Waals surface area (Å²) < 4.78 is 5.33. The van der Waals surface area contributed by atoms with Crippen LogP contribution in [0.5, 0.6) is 0 Å². The molecule has 0 bridgehead atoms. The molecule has 0 aromatic carbocycles. The van der Waals surface area contributed by atoms with E-state index in [4.69, 9.17) is 4.42 Å². The molecule has 25 heavy (non-hydrogen) atoms. The summed E-state index contributed by atoms with van der Waals surface area (Å²) in [5.74, 6) is 1.42.